The monoisotopic (exact) mass is 338 g/mol. The van der Waals surface area contributed by atoms with Gasteiger partial charge in [-0.2, -0.15) is 0 Å². The summed E-state index contributed by atoms with van der Waals surface area (Å²) in [5, 5.41) is 2.99. The fourth-order valence-corrected chi connectivity index (χ4v) is 2.99. The highest BCUT2D eigenvalue weighted by Crippen LogP contribution is 2.31. The van der Waals surface area contributed by atoms with Crippen molar-refractivity contribution in [3.05, 3.63) is 53.1 Å². The zero-order valence-electron chi connectivity index (χ0n) is 14.8. The molecule has 2 amide bonds. The molecule has 25 heavy (non-hydrogen) atoms. The van der Waals surface area contributed by atoms with Crippen molar-refractivity contribution in [2.75, 3.05) is 23.9 Å². The Morgan fingerprint density at radius 1 is 1.20 bits per heavy atom. The number of benzene rings is 2. The predicted octanol–water partition coefficient (Wildman–Crippen LogP) is 3.23. The van der Waals surface area contributed by atoms with E-state index in [0.717, 1.165) is 22.4 Å². The van der Waals surface area contributed by atoms with E-state index >= 15 is 0 Å². The Hall–Kier alpha value is -2.82. The highest BCUT2D eigenvalue weighted by atomic mass is 16.5. The lowest BCUT2D eigenvalue weighted by atomic mass is 10.1. The minimum absolute atomic E-state index is 0.0101. The predicted molar refractivity (Wildman–Crippen MR) is 98.2 cm³/mol. The molecule has 2 aromatic carbocycles. The average molecular weight is 338 g/mol. The van der Waals surface area contributed by atoms with E-state index in [2.05, 4.69) is 5.32 Å². The van der Waals surface area contributed by atoms with E-state index in [0.29, 0.717) is 24.5 Å². The quantitative estimate of drug-likeness (QED) is 0.935. The minimum Gasteiger partial charge on any atom is -0.491 e. The number of nitrogens with one attached hydrogen (secondary N) is 1. The second-order valence-electron chi connectivity index (χ2n) is 6.35. The molecule has 0 aromatic heterocycles. The van der Waals surface area contributed by atoms with Crippen molar-refractivity contribution in [2.45, 2.75) is 26.7 Å². The third kappa shape index (κ3) is 3.65. The third-order valence-electron chi connectivity index (χ3n) is 4.44. The molecule has 0 radical (unpaired) electrons. The van der Waals surface area contributed by atoms with E-state index in [1.807, 2.05) is 50.2 Å². The molecule has 1 heterocycles. The van der Waals surface area contributed by atoms with Crippen LogP contribution in [-0.4, -0.2) is 25.5 Å². The Labute approximate surface area is 147 Å². The topological polar surface area (TPSA) is 58.6 Å². The number of para-hydroxylation sites is 1. The molecule has 3 rings (SSSR count). The van der Waals surface area contributed by atoms with Crippen LogP contribution in [0.4, 0.5) is 11.4 Å². The fourth-order valence-electron chi connectivity index (χ4n) is 2.99. The van der Waals surface area contributed by atoms with Crippen molar-refractivity contribution >= 4 is 23.2 Å². The first-order valence-corrected chi connectivity index (χ1v) is 8.34. The van der Waals surface area contributed by atoms with Crippen LogP contribution in [0.1, 0.15) is 23.1 Å². The van der Waals surface area contributed by atoms with E-state index in [1.165, 1.54) is 0 Å². The first kappa shape index (κ1) is 17.0. The summed E-state index contributed by atoms with van der Waals surface area (Å²) in [4.78, 5) is 26.0. The SMILES string of the molecule is Cc1cccc(C)c1NC(=O)Cc1ccc2c(c1)N(C)C(=O)CCO2. The van der Waals surface area contributed by atoms with Gasteiger partial charge in [0.2, 0.25) is 11.8 Å². The second kappa shape index (κ2) is 6.97. The number of carbonyl (C=O) groups excluding carboxylic acids is 2. The second-order valence-corrected chi connectivity index (χ2v) is 6.35. The van der Waals surface area contributed by atoms with Gasteiger partial charge in [-0.05, 0) is 42.7 Å². The summed E-state index contributed by atoms with van der Waals surface area (Å²) in [6, 6.07) is 11.5. The maximum Gasteiger partial charge on any atom is 0.230 e. The molecule has 0 saturated heterocycles. The molecule has 0 aliphatic carbocycles. The molecule has 1 N–H and O–H groups in total. The summed E-state index contributed by atoms with van der Waals surface area (Å²) in [6.07, 6.45) is 0.594. The summed E-state index contributed by atoms with van der Waals surface area (Å²) in [6.45, 7) is 4.33. The molecule has 1 aliphatic rings. The van der Waals surface area contributed by atoms with Gasteiger partial charge in [0.1, 0.15) is 5.75 Å². The Kier molecular flexibility index (Phi) is 4.74. The number of aryl methyl sites for hydroxylation is 2. The summed E-state index contributed by atoms with van der Waals surface area (Å²) >= 11 is 0. The lowest BCUT2D eigenvalue weighted by molar-refractivity contribution is -0.118. The van der Waals surface area contributed by atoms with Gasteiger partial charge in [-0.1, -0.05) is 24.3 Å². The minimum atomic E-state index is -0.0825. The Bertz CT molecular complexity index is 809. The molecule has 2 aromatic rings. The van der Waals surface area contributed by atoms with E-state index in [1.54, 1.807) is 11.9 Å². The highest BCUT2D eigenvalue weighted by Gasteiger charge is 2.20. The van der Waals surface area contributed by atoms with Gasteiger partial charge in [0.05, 0.1) is 25.1 Å². The van der Waals surface area contributed by atoms with Gasteiger partial charge in [-0.15, -0.1) is 0 Å². The van der Waals surface area contributed by atoms with Gasteiger partial charge in [-0.3, -0.25) is 9.59 Å². The first-order chi connectivity index (χ1) is 12.0. The van der Waals surface area contributed by atoms with Crippen LogP contribution < -0.4 is 15.0 Å². The Morgan fingerprint density at radius 2 is 1.92 bits per heavy atom. The molecule has 130 valence electrons. The third-order valence-corrected chi connectivity index (χ3v) is 4.44. The number of hydrogen-bond donors (Lipinski definition) is 1. The number of rotatable bonds is 3. The zero-order chi connectivity index (χ0) is 18.0. The fraction of sp³-hybridized carbons (Fsp3) is 0.300. The van der Waals surface area contributed by atoms with Gasteiger partial charge >= 0.3 is 0 Å². The van der Waals surface area contributed by atoms with Crippen molar-refractivity contribution < 1.29 is 14.3 Å². The average Bonchev–Trinajstić information content (AvgIpc) is 2.71. The smallest absolute Gasteiger partial charge is 0.230 e. The molecule has 0 spiro atoms. The molecule has 1 aliphatic heterocycles. The summed E-state index contributed by atoms with van der Waals surface area (Å²) in [5.41, 5.74) is 4.48. The number of fused-ring (bicyclic) bond motifs is 1. The van der Waals surface area contributed by atoms with Gasteiger partial charge in [-0.25, -0.2) is 0 Å². The number of amides is 2. The van der Waals surface area contributed by atoms with Crippen LogP contribution in [0.5, 0.6) is 5.75 Å². The molecule has 0 saturated carbocycles. The van der Waals surface area contributed by atoms with E-state index in [9.17, 15) is 9.59 Å². The number of anilines is 2. The van der Waals surface area contributed by atoms with Crippen LogP contribution >= 0.6 is 0 Å². The molecule has 5 heteroatoms. The van der Waals surface area contributed by atoms with Crippen LogP contribution in [0, 0.1) is 13.8 Å². The lowest BCUT2D eigenvalue weighted by Gasteiger charge is -2.17. The van der Waals surface area contributed by atoms with Crippen molar-refractivity contribution in [3.63, 3.8) is 0 Å². The van der Waals surface area contributed by atoms with Gasteiger partial charge in [0.15, 0.2) is 0 Å². The van der Waals surface area contributed by atoms with E-state index < -0.39 is 0 Å². The normalized spacial score (nSPS) is 13.7. The molecule has 0 unspecified atom stereocenters. The van der Waals surface area contributed by atoms with Gasteiger partial charge < -0.3 is 15.0 Å². The molecule has 0 atom stereocenters. The lowest BCUT2D eigenvalue weighted by Crippen LogP contribution is -2.25. The van der Waals surface area contributed by atoms with Crippen molar-refractivity contribution in [1.29, 1.82) is 0 Å². The molecular weight excluding hydrogens is 316 g/mol. The van der Waals surface area contributed by atoms with Crippen LogP contribution in [0.25, 0.3) is 0 Å². The molecular formula is C20H22N2O3. The number of hydrogen-bond acceptors (Lipinski definition) is 3. The van der Waals surface area contributed by atoms with Crippen molar-refractivity contribution in [3.8, 4) is 5.75 Å². The van der Waals surface area contributed by atoms with Crippen LogP contribution in [-0.2, 0) is 16.0 Å². The summed E-state index contributed by atoms with van der Waals surface area (Å²) in [7, 11) is 1.73. The van der Waals surface area contributed by atoms with E-state index in [4.69, 9.17) is 4.74 Å². The Morgan fingerprint density at radius 3 is 2.64 bits per heavy atom. The van der Waals surface area contributed by atoms with Gasteiger partial charge in [0.25, 0.3) is 0 Å². The van der Waals surface area contributed by atoms with Crippen LogP contribution in [0.15, 0.2) is 36.4 Å². The number of carbonyl (C=O) groups is 2. The van der Waals surface area contributed by atoms with Crippen molar-refractivity contribution in [1.82, 2.24) is 0 Å². The summed E-state index contributed by atoms with van der Waals surface area (Å²) < 4.78 is 5.61. The van der Waals surface area contributed by atoms with Crippen molar-refractivity contribution in [2.24, 2.45) is 0 Å². The number of ether oxygens (including phenoxy) is 1. The Balaban J connectivity index is 1.78. The van der Waals surface area contributed by atoms with Crippen LogP contribution in [0.2, 0.25) is 0 Å². The maximum absolute atomic E-state index is 12.4. The standard InChI is InChI=1S/C20H22N2O3/c1-13-5-4-6-14(2)20(13)21-18(23)12-15-7-8-17-16(11-15)22(3)19(24)9-10-25-17/h4-8,11H,9-10,12H2,1-3H3,(H,21,23). The van der Waals surface area contributed by atoms with E-state index in [-0.39, 0.29) is 18.2 Å². The molecule has 5 nitrogen and oxygen atoms in total. The molecule has 0 bridgehead atoms. The van der Waals surface area contributed by atoms with Crippen LogP contribution in [0.3, 0.4) is 0 Å². The first-order valence-electron chi connectivity index (χ1n) is 8.34. The summed E-state index contributed by atoms with van der Waals surface area (Å²) in [5.74, 6) is 0.601. The largest absolute Gasteiger partial charge is 0.491 e. The van der Waals surface area contributed by atoms with Gasteiger partial charge in [0, 0.05) is 12.7 Å². The zero-order valence-corrected chi connectivity index (χ0v) is 14.8. The molecule has 0 fully saturated rings. The number of nitrogens with zero attached hydrogens (tertiary/aromatic N) is 1. The maximum atomic E-state index is 12.4. The highest BCUT2D eigenvalue weighted by molar-refractivity contribution is 5.96.